The van der Waals surface area contributed by atoms with Gasteiger partial charge in [0.25, 0.3) is 0 Å². The lowest BCUT2D eigenvalue weighted by molar-refractivity contribution is 0.663. The maximum Gasteiger partial charge on any atom is 0.0588 e. The molecule has 58 heavy (non-hydrogen) atoms. The Morgan fingerprint density at radius 1 is 0.724 bits per heavy atom. The summed E-state index contributed by atoms with van der Waals surface area (Å²) in [6.45, 7) is 20.1. The summed E-state index contributed by atoms with van der Waals surface area (Å²) >= 11 is 0. The van der Waals surface area contributed by atoms with Crippen LogP contribution in [0, 0.1) is 6.92 Å². The van der Waals surface area contributed by atoms with E-state index in [0.717, 1.165) is 6.42 Å². The Morgan fingerprint density at radius 2 is 1.34 bits per heavy atom. The van der Waals surface area contributed by atoms with Crippen molar-refractivity contribution in [3.63, 3.8) is 0 Å². The van der Waals surface area contributed by atoms with Crippen LogP contribution < -0.4 is 0 Å². The predicted molar refractivity (Wildman–Crippen MR) is 252 cm³/mol. The molecule has 0 radical (unpaired) electrons. The van der Waals surface area contributed by atoms with Crippen LogP contribution in [0.15, 0.2) is 169 Å². The Morgan fingerprint density at radius 3 is 1.97 bits per heavy atom. The highest BCUT2D eigenvalue weighted by Gasteiger charge is 2.39. The van der Waals surface area contributed by atoms with Crippen molar-refractivity contribution in [3.05, 3.63) is 208 Å². The van der Waals surface area contributed by atoms with Gasteiger partial charge in [-0.2, -0.15) is 0 Å². The lowest BCUT2D eigenvalue weighted by Crippen LogP contribution is -2.16. The Hall–Kier alpha value is -5.92. The molecule has 1 aromatic heterocycles. The molecule has 2 aliphatic rings. The normalized spacial score (nSPS) is 15.0. The highest BCUT2D eigenvalue weighted by Crippen LogP contribution is 2.54. The van der Waals surface area contributed by atoms with Gasteiger partial charge in [0.15, 0.2) is 0 Å². The van der Waals surface area contributed by atoms with Gasteiger partial charge in [-0.05, 0) is 126 Å². The van der Waals surface area contributed by atoms with Gasteiger partial charge < -0.3 is 4.57 Å². The molecule has 1 unspecified atom stereocenters. The number of benzene rings is 6. The molecule has 1 nitrogen and oxygen atoms in total. The highest BCUT2D eigenvalue weighted by molar-refractivity contribution is 6.15. The molecule has 0 N–H and O–H groups in total. The predicted octanol–water partition coefficient (Wildman–Crippen LogP) is 16.1. The van der Waals surface area contributed by atoms with E-state index in [-0.39, 0.29) is 5.41 Å². The standard InChI is InChI=1S/C50H49N.C7H8/c1-8-10-17-33(4)34(5)39-28-30-42-43-31-29-41-40-22-14-15-23-44(40)50(6,7)47(41)49(43)51(48(42)45(39)32(3)9-2)38-26-24-37(25-27-38)46(36-20-16-21-36)35-18-12-11-13-19-35;1-7-5-3-2-4-6-7/h8,10-15,17-19,22-32H,1,9,16,20-21H2,2-7H3;2-6H,1H3/b17-10-,34-33+;. The summed E-state index contributed by atoms with van der Waals surface area (Å²) in [6.07, 6.45) is 10.8. The molecule has 7 aromatic rings. The molecule has 1 heterocycles. The van der Waals surface area contributed by atoms with E-state index < -0.39 is 0 Å². The molecule has 1 atom stereocenters. The molecule has 0 spiro atoms. The highest BCUT2D eigenvalue weighted by atomic mass is 15.0. The van der Waals surface area contributed by atoms with Crippen molar-refractivity contribution in [2.75, 3.05) is 0 Å². The lowest BCUT2D eigenvalue weighted by Gasteiger charge is -2.25. The third-order valence-corrected chi connectivity index (χ3v) is 13.0. The number of hydrogen-bond donors (Lipinski definition) is 0. The minimum atomic E-state index is -0.145. The maximum absolute atomic E-state index is 3.93. The van der Waals surface area contributed by atoms with Crippen LogP contribution in [0.25, 0.3) is 49.8 Å². The fourth-order valence-corrected chi connectivity index (χ4v) is 9.41. The summed E-state index contributed by atoms with van der Waals surface area (Å²) in [7, 11) is 0. The zero-order valence-corrected chi connectivity index (χ0v) is 35.5. The fourth-order valence-electron chi connectivity index (χ4n) is 9.41. The Balaban J connectivity index is 0.000000608. The summed E-state index contributed by atoms with van der Waals surface area (Å²) in [5.41, 5.74) is 21.6. The van der Waals surface area contributed by atoms with Crippen molar-refractivity contribution in [1.29, 1.82) is 0 Å². The Labute approximate surface area is 346 Å². The van der Waals surface area contributed by atoms with Crippen LogP contribution in [0.5, 0.6) is 0 Å². The van der Waals surface area contributed by atoms with Crippen molar-refractivity contribution in [2.24, 2.45) is 0 Å². The van der Waals surface area contributed by atoms with Crippen LogP contribution in [0.1, 0.15) is 112 Å². The van der Waals surface area contributed by atoms with Gasteiger partial charge in [-0.15, -0.1) is 0 Å². The van der Waals surface area contributed by atoms with E-state index in [2.05, 4.69) is 181 Å². The van der Waals surface area contributed by atoms with Gasteiger partial charge in [-0.25, -0.2) is 0 Å². The van der Waals surface area contributed by atoms with E-state index in [4.69, 9.17) is 0 Å². The second-order valence-electron chi connectivity index (χ2n) is 16.9. The summed E-state index contributed by atoms with van der Waals surface area (Å²) in [4.78, 5) is 0. The van der Waals surface area contributed by atoms with E-state index in [1.807, 2.05) is 30.4 Å². The average Bonchev–Trinajstić information content (AvgIpc) is 3.69. The van der Waals surface area contributed by atoms with E-state index in [1.165, 1.54) is 114 Å². The first kappa shape index (κ1) is 38.9. The smallest absolute Gasteiger partial charge is 0.0588 e. The van der Waals surface area contributed by atoms with Crippen LogP contribution >= 0.6 is 0 Å². The van der Waals surface area contributed by atoms with E-state index >= 15 is 0 Å². The van der Waals surface area contributed by atoms with Crippen molar-refractivity contribution < 1.29 is 0 Å². The third kappa shape index (κ3) is 6.81. The monoisotopic (exact) mass is 755 g/mol. The summed E-state index contributed by atoms with van der Waals surface area (Å²) in [5.74, 6) is 0.364. The number of rotatable bonds is 8. The molecule has 1 saturated carbocycles. The summed E-state index contributed by atoms with van der Waals surface area (Å²) in [5, 5.41) is 2.66. The first-order chi connectivity index (χ1) is 28.1. The zero-order chi connectivity index (χ0) is 40.6. The second-order valence-corrected chi connectivity index (χ2v) is 16.9. The van der Waals surface area contributed by atoms with Crippen LogP contribution in [-0.4, -0.2) is 4.57 Å². The van der Waals surface area contributed by atoms with Crippen LogP contribution in [0.3, 0.4) is 0 Å². The topological polar surface area (TPSA) is 4.93 Å². The molecule has 290 valence electrons. The average molecular weight is 756 g/mol. The maximum atomic E-state index is 3.93. The Bertz CT molecular complexity index is 2720. The SMILES string of the molecule is C=C/C=C\C(C)=C(/C)c1ccc2c3ccc4c(c3n(-c3ccc(C(=C5CCC5)c5ccccc5)cc3)c2c1C(C)CC)C(C)(C)c1ccccc1-4.Cc1ccccc1. The van der Waals surface area contributed by atoms with Gasteiger partial charge in [0.2, 0.25) is 0 Å². The van der Waals surface area contributed by atoms with Gasteiger partial charge >= 0.3 is 0 Å². The molecule has 0 amide bonds. The molecular weight excluding hydrogens is 699 g/mol. The van der Waals surface area contributed by atoms with Gasteiger partial charge in [-0.3, -0.25) is 0 Å². The van der Waals surface area contributed by atoms with Gasteiger partial charge in [0, 0.05) is 21.9 Å². The van der Waals surface area contributed by atoms with Crippen molar-refractivity contribution >= 4 is 33.0 Å². The first-order valence-electron chi connectivity index (χ1n) is 21.3. The molecule has 1 fully saturated rings. The molecule has 1 heteroatoms. The molecule has 9 rings (SSSR count). The number of hydrogen-bond acceptors (Lipinski definition) is 0. The largest absolute Gasteiger partial charge is 0.309 e. The van der Waals surface area contributed by atoms with E-state index in [0.29, 0.717) is 5.92 Å². The fraction of sp³-hybridized carbons (Fsp3) is 0.228. The number of nitrogens with zero attached hydrogens (tertiary/aromatic N) is 1. The zero-order valence-electron chi connectivity index (χ0n) is 35.5. The van der Waals surface area contributed by atoms with Crippen LogP contribution in [0.4, 0.5) is 0 Å². The van der Waals surface area contributed by atoms with E-state index in [9.17, 15) is 0 Å². The minimum Gasteiger partial charge on any atom is -0.309 e. The van der Waals surface area contributed by atoms with Gasteiger partial charge in [0.1, 0.15) is 0 Å². The Kier molecular flexibility index (Phi) is 10.8. The summed E-state index contributed by atoms with van der Waals surface area (Å²) in [6, 6.07) is 49.4. The van der Waals surface area contributed by atoms with Gasteiger partial charge in [0.05, 0.1) is 11.0 Å². The second kappa shape index (κ2) is 16.1. The lowest BCUT2D eigenvalue weighted by atomic mass is 9.81. The quantitative estimate of drug-likeness (QED) is 0.136. The molecule has 2 aliphatic carbocycles. The number of fused-ring (bicyclic) bond motifs is 7. The number of aryl methyl sites for hydroxylation is 1. The molecular formula is C57H57N. The molecule has 0 aliphatic heterocycles. The van der Waals surface area contributed by atoms with Crippen molar-refractivity contribution in [1.82, 2.24) is 4.57 Å². The van der Waals surface area contributed by atoms with E-state index in [1.54, 1.807) is 5.57 Å². The number of aromatic nitrogens is 1. The minimum absolute atomic E-state index is 0.145. The van der Waals surface area contributed by atoms with Crippen LogP contribution in [-0.2, 0) is 5.41 Å². The molecule has 0 bridgehead atoms. The van der Waals surface area contributed by atoms with Crippen LogP contribution in [0.2, 0.25) is 0 Å². The first-order valence-corrected chi connectivity index (χ1v) is 21.3. The van der Waals surface area contributed by atoms with Crippen molar-refractivity contribution in [3.8, 4) is 16.8 Å². The van der Waals surface area contributed by atoms with Gasteiger partial charge in [-0.1, -0.05) is 185 Å². The summed E-state index contributed by atoms with van der Waals surface area (Å²) < 4.78 is 2.65. The third-order valence-electron chi connectivity index (χ3n) is 13.0. The van der Waals surface area contributed by atoms with Crippen molar-refractivity contribution in [2.45, 2.75) is 85.5 Å². The molecule has 0 saturated heterocycles. The number of allylic oxidation sites excluding steroid dienone is 6. The molecule has 6 aromatic carbocycles.